The van der Waals surface area contributed by atoms with Crippen molar-refractivity contribution in [2.45, 2.75) is 0 Å². The third-order valence-electron chi connectivity index (χ3n) is 2.49. The molecule has 0 fully saturated rings. The van der Waals surface area contributed by atoms with Crippen molar-refractivity contribution >= 4 is 20.2 Å². The van der Waals surface area contributed by atoms with E-state index in [9.17, 15) is 0 Å². The molecule has 103 valence electrons. The van der Waals surface area contributed by atoms with E-state index < -0.39 is 0 Å². The van der Waals surface area contributed by atoms with Crippen LogP contribution in [0, 0.1) is 0 Å². The molecule has 3 aromatic heterocycles. The van der Waals surface area contributed by atoms with Crippen molar-refractivity contribution in [3.8, 4) is 22.8 Å². The van der Waals surface area contributed by atoms with Gasteiger partial charge in [0.15, 0.2) is 0 Å². The largest absolute Gasteiger partial charge is 0.654 e. The van der Waals surface area contributed by atoms with Crippen molar-refractivity contribution in [1.82, 2.24) is 15.0 Å². The molecular weight excluding hydrogens is 337 g/mol. The van der Waals surface area contributed by atoms with Gasteiger partial charge in [-0.05, 0) is 24.3 Å². The summed E-state index contributed by atoms with van der Waals surface area (Å²) < 4.78 is 0. The van der Waals surface area contributed by atoms with Gasteiger partial charge in [0.05, 0.1) is 0 Å². The molecule has 0 amide bonds. The number of aromatic nitrogens is 3. The molecule has 0 aliphatic heterocycles. The molecule has 0 bridgehead atoms. The smallest absolute Gasteiger partial charge is 0.0483 e. The summed E-state index contributed by atoms with van der Waals surface area (Å²) >= 11 is 0.194. The monoisotopic (exact) mass is 346 g/mol. The van der Waals surface area contributed by atoms with Crippen LogP contribution in [0.15, 0.2) is 60.9 Å². The minimum Gasteiger partial charge on any atom is -0.654 e. The Labute approximate surface area is 132 Å². The Hall–Kier alpha value is -1.32. The summed E-state index contributed by atoms with van der Waals surface area (Å²) in [5.41, 5.74) is 3.53. The summed E-state index contributed by atoms with van der Waals surface area (Å²) in [6, 6.07) is 15.5. The standard InChI is InChI=1S/C14H10N3.2ClH.Fe/c1-3-9-15-11(5-1)13-7-8-14(17-13)12-6-2-4-10-16-12;;;/h1-10H;2*1H;/q-1;;;+3/p-2. The predicted octanol–water partition coefficient (Wildman–Crippen LogP) is 4.14. The quantitative estimate of drug-likeness (QED) is 0.654. The van der Waals surface area contributed by atoms with Gasteiger partial charge in [-0.15, -0.1) is 11.4 Å². The fourth-order valence-electron chi connectivity index (χ4n) is 1.68. The van der Waals surface area contributed by atoms with Crippen LogP contribution >= 0.6 is 20.2 Å². The van der Waals surface area contributed by atoms with Gasteiger partial charge in [0.25, 0.3) is 0 Å². The van der Waals surface area contributed by atoms with E-state index in [4.69, 9.17) is 20.2 Å². The molecule has 6 heteroatoms. The minimum atomic E-state index is 0.194. The SMILES string of the molecule is [Cl][Fe+][Cl].c1ccc(-c2ccc(-c3ccccn3)[n-]2)nc1. The number of halogens is 2. The van der Waals surface area contributed by atoms with E-state index in [-0.39, 0.29) is 13.1 Å². The third-order valence-corrected chi connectivity index (χ3v) is 2.49. The first kappa shape index (κ1) is 15.1. The average molecular weight is 347 g/mol. The summed E-state index contributed by atoms with van der Waals surface area (Å²) in [6.45, 7) is 0. The third kappa shape index (κ3) is 4.09. The maximum Gasteiger partial charge on any atom is 0.0483 e. The van der Waals surface area contributed by atoms with Crippen LogP contribution in [0.25, 0.3) is 22.8 Å². The molecule has 3 nitrogen and oxygen atoms in total. The second kappa shape index (κ2) is 8.08. The topological polar surface area (TPSA) is 39.9 Å². The molecule has 0 N–H and O–H groups in total. The number of rotatable bonds is 2. The van der Waals surface area contributed by atoms with Gasteiger partial charge >= 0.3 is 33.3 Å². The van der Waals surface area contributed by atoms with E-state index in [1.54, 1.807) is 12.4 Å². The van der Waals surface area contributed by atoms with E-state index in [1.807, 2.05) is 48.5 Å². The zero-order chi connectivity index (χ0) is 14.2. The van der Waals surface area contributed by atoms with Crippen molar-refractivity contribution in [1.29, 1.82) is 0 Å². The van der Waals surface area contributed by atoms with Gasteiger partial charge < -0.3 is 4.98 Å². The zero-order valence-corrected chi connectivity index (χ0v) is 12.8. The molecule has 20 heavy (non-hydrogen) atoms. The minimum absolute atomic E-state index is 0.194. The van der Waals surface area contributed by atoms with Crippen molar-refractivity contribution in [3.63, 3.8) is 0 Å². The molecule has 3 aromatic rings. The number of nitrogens with zero attached hydrogens (tertiary/aromatic N) is 3. The Morgan fingerprint density at radius 3 is 1.55 bits per heavy atom. The van der Waals surface area contributed by atoms with Crippen LogP contribution in [-0.4, -0.2) is 9.97 Å². The Bertz CT molecular complexity index is 575. The number of hydrogen-bond acceptors (Lipinski definition) is 2. The van der Waals surface area contributed by atoms with E-state index >= 15 is 0 Å². The molecule has 0 saturated carbocycles. The molecule has 0 aliphatic carbocycles. The predicted molar refractivity (Wildman–Crippen MR) is 77.9 cm³/mol. The average Bonchev–Trinajstić information content (AvgIpc) is 3.00. The van der Waals surface area contributed by atoms with Crippen molar-refractivity contribution < 1.29 is 13.1 Å². The maximum atomic E-state index is 4.76. The molecule has 3 rings (SSSR count). The van der Waals surface area contributed by atoms with Crippen LogP contribution in [0.2, 0.25) is 0 Å². The molecule has 0 spiro atoms. The fraction of sp³-hybridized carbons (Fsp3) is 0. The molecule has 0 saturated heterocycles. The second-order valence-electron chi connectivity index (χ2n) is 3.70. The van der Waals surface area contributed by atoms with Crippen LogP contribution in [0.1, 0.15) is 0 Å². The van der Waals surface area contributed by atoms with Crippen molar-refractivity contribution in [3.05, 3.63) is 60.9 Å². The van der Waals surface area contributed by atoms with Crippen LogP contribution < -0.4 is 4.98 Å². The summed E-state index contributed by atoms with van der Waals surface area (Å²) in [5.74, 6) is 0. The number of pyridine rings is 2. The Kier molecular flexibility index (Phi) is 6.09. The molecular formula is C14H10Cl2FeN3. The van der Waals surface area contributed by atoms with Crippen LogP contribution in [0.4, 0.5) is 0 Å². The molecule has 3 heterocycles. The number of hydrogen-bond donors (Lipinski definition) is 0. The van der Waals surface area contributed by atoms with E-state index in [2.05, 4.69) is 15.0 Å². The summed E-state index contributed by atoms with van der Waals surface area (Å²) in [6.07, 6.45) is 3.54. The maximum absolute atomic E-state index is 4.76. The first-order valence-electron chi connectivity index (χ1n) is 5.67. The molecule has 0 radical (unpaired) electrons. The van der Waals surface area contributed by atoms with Crippen molar-refractivity contribution in [2.75, 3.05) is 0 Å². The van der Waals surface area contributed by atoms with Gasteiger partial charge in [-0.25, -0.2) is 0 Å². The normalized spacial score (nSPS) is 9.70. The summed E-state index contributed by atoms with van der Waals surface area (Å²) in [5, 5.41) is 0. The Balaban J connectivity index is 0.000000452. The molecule has 0 aliphatic rings. The van der Waals surface area contributed by atoms with E-state index in [0.717, 1.165) is 22.8 Å². The van der Waals surface area contributed by atoms with Gasteiger partial charge in [-0.3, -0.25) is 9.97 Å². The molecule has 0 unspecified atom stereocenters. The van der Waals surface area contributed by atoms with E-state index in [1.165, 1.54) is 0 Å². The van der Waals surface area contributed by atoms with E-state index in [0.29, 0.717) is 0 Å². The molecule has 0 aromatic carbocycles. The van der Waals surface area contributed by atoms with Crippen molar-refractivity contribution in [2.24, 2.45) is 0 Å². The van der Waals surface area contributed by atoms with Gasteiger partial charge in [0.2, 0.25) is 0 Å². The summed E-state index contributed by atoms with van der Waals surface area (Å²) in [4.78, 5) is 13.1. The Morgan fingerprint density at radius 2 is 1.20 bits per heavy atom. The van der Waals surface area contributed by atoms with Gasteiger partial charge in [0, 0.05) is 23.8 Å². The van der Waals surface area contributed by atoms with Crippen LogP contribution in [0.5, 0.6) is 0 Å². The van der Waals surface area contributed by atoms with Crippen LogP contribution in [-0.2, 0) is 13.1 Å². The van der Waals surface area contributed by atoms with Gasteiger partial charge in [0.1, 0.15) is 0 Å². The van der Waals surface area contributed by atoms with Gasteiger partial charge in [-0.2, -0.15) is 0 Å². The second-order valence-corrected chi connectivity index (χ2v) is 5.52. The van der Waals surface area contributed by atoms with Gasteiger partial charge in [-0.1, -0.05) is 24.3 Å². The first-order valence-corrected chi connectivity index (χ1v) is 8.70. The Morgan fingerprint density at radius 1 is 0.750 bits per heavy atom. The summed E-state index contributed by atoms with van der Waals surface area (Å²) in [7, 11) is 9.53. The fourth-order valence-corrected chi connectivity index (χ4v) is 1.68. The van der Waals surface area contributed by atoms with Crippen LogP contribution in [0.3, 0.4) is 0 Å². The molecule has 0 atom stereocenters. The first-order chi connectivity index (χ1) is 9.85. The zero-order valence-electron chi connectivity index (χ0n) is 10.2.